The molecule has 1 rings (SSSR count). The highest BCUT2D eigenvalue weighted by Crippen LogP contribution is 2.08. The Kier molecular flexibility index (Phi) is 3.10. The van der Waals surface area contributed by atoms with Crippen LogP contribution >= 0.6 is 0 Å². The van der Waals surface area contributed by atoms with Crippen LogP contribution in [0.2, 0.25) is 0 Å². The molecule has 0 bridgehead atoms. The number of carboxylic acid groups (broad SMARTS) is 1. The van der Waals surface area contributed by atoms with E-state index in [1.54, 1.807) is 0 Å². The minimum Gasteiger partial charge on any atom is -0.478 e. The Morgan fingerprint density at radius 2 is 2.21 bits per heavy atom. The summed E-state index contributed by atoms with van der Waals surface area (Å²) in [5.41, 5.74) is -0.161. The summed E-state index contributed by atoms with van der Waals surface area (Å²) in [5.74, 6) is -1.23. The monoisotopic (exact) mass is 208 g/mol. The van der Waals surface area contributed by atoms with E-state index in [9.17, 15) is 18.0 Å². The summed E-state index contributed by atoms with van der Waals surface area (Å²) < 4.78 is 36.8. The Labute approximate surface area is 77.0 Å². The summed E-state index contributed by atoms with van der Waals surface area (Å²) in [5, 5.41) is 11.9. The molecule has 4 nitrogen and oxygen atoms in total. The molecule has 1 N–H and O–H groups in total. The normalized spacial score (nSPS) is 13.1. The molecule has 1 unspecified atom stereocenters. The molecule has 0 amide bonds. The summed E-state index contributed by atoms with van der Waals surface area (Å²) in [6.45, 7) is -0.648. The van der Waals surface area contributed by atoms with Crippen molar-refractivity contribution in [1.82, 2.24) is 9.78 Å². The number of aromatic nitrogens is 2. The fourth-order valence-electron chi connectivity index (χ4n) is 0.832. The predicted octanol–water partition coefficient (Wildman–Crippen LogP) is 1.18. The van der Waals surface area contributed by atoms with Crippen LogP contribution in [-0.4, -0.2) is 33.5 Å². The van der Waals surface area contributed by atoms with Gasteiger partial charge in [0, 0.05) is 6.20 Å². The molecule has 0 aliphatic heterocycles. The van der Waals surface area contributed by atoms with Gasteiger partial charge < -0.3 is 5.11 Å². The molecule has 0 radical (unpaired) electrons. The van der Waals surface area contributed by atoms with E-state index in [4.69, 9.17) is 5.11 Å². The number of rotatable bonds is 4. The molecule has 1 atom stereocenters. The molecule has 7 heteroatoms. The number of alkyl halides is 3. The largest absolute Gasteiger partial charge is 0.478 e. The van der Waals surface area contributed by atoms with E-state index in [1.165, 1.54) is 0 Å². The number of nitrogens with zero attached hydrogens (tertiary/aromatic N) is 2. The van der Waals surface area contributed by atoms with Gasteiger partial charge in [0.15, 0.2) is 6.17 Å². The van der Waals surface area contributed by atoms with Crippen LogP contribution in [0.4, 0.5) is 13.2 Å². The van der Waals surface area contributed by atoms with Gasteiger partial charge in [0.1, 0.15) is 0 Å². The van der Waals surface area contributed by atoms with E-state index in [0.717, 1.165) is 17.1 Å². The van der Waals surface area contributed by atoms with Crippen molar-refractivity contribution in [1.29, 1.82) is 0 Å². The second-order valence-corrected chi connectivity index (χ2v) is 2.61. The first-order valence-electron chi connectivity index (χ1n) is 3.68. The number of carbonyl (C=O) groups is 1. The van der Waals surface area contributed by atoms with Crippen LogP contribution in [0.1, 0.15) is 10.4 Å². The van der Waals surface area contributed by atoms with Crippen molar-refractivity contribution in [3.8, 4) is 0 Å². The van der Waals surface area contributed by atoms with Gasteiger partial charge in [-0.3, -0.25) is 4.68 Å². The van der Waals surface area contributed by atoms with Gasteiger partial charge in [0.05, 0.1) is 18.3 Å². The Bertz CT molecular complexity index is 326. The smallest absolute Gasteiger partial charge is 0.338 e. The fourth-order valence-corrected chi connectivity index (χ4v) is 0.832. The van der Waals surface area contributed by atoms with Crippen LogP contribution in [0.25, 0.3) is 0 Å². The maximum atomic E-state index is 12.5. The molecule has 1 heterocycles. The predicted molar refractivity (Wildman–Crippen MR) is 40.1 cm³/mol. The third-order valence-corrected chi connectivity index (χ3v) is 1.52. The van der Waals surface area contributed by atoms with Crippen LogP contribution < -0.4 is 0 Å². The van der Waals surface area contributed by atoms with E-state index < -0.39 is 25.1 Å². The quantitative estimate of drug-likeness (QED) is 0.808. The van der Waals surface area contributed by atoms with Gasteiger partial charge in [-0.2, -0.15) is 5.10 Å². The number of hydrogen-bond donors (Lipinski definition) is 1. The van der Waals surface area contributed by atoms with E-state index >= 15 is 0 Å². The van der Waals surface area contributed by atoms with Crippen molar-refractivity contribution < 1.29 is 23.1 Å². The summed E-state index contributed by atoms with van der Waals surface area (Å²) in [6.07, 6.45) is -3.46. The van der Waals surface area contributed by atoms with E-state index in [2.05, 4.69) is 5.10 Å². The lowest BCUT2D eigenvalue weighted by Gasteiger charge is -2.05. The zero-order valence-electron chi connectivity index (χ0n) is 6.90. The topological polar surface area (TPSA) is 55.1 Å². The van der Waals surface area contributed by atoms with E-state index in [0.29, 0.717) is 0 Å². The first-order chi connectivity index (χ1) is 6.50. The molecule has 78 valence electrons. The van der Waals surface area contributed by atoms with Gasteiger partial charge >= 0.3 is 5.97 Å². The molecule has 0 aliphatic carbocycles. The van der Waals surface area contributed by atoms with Gasteiger partial charge in [-0.05, 0) is 0 Å². The number of halogens is 3. The first kappa shape index (κ1) is 10.6. The second-order valence-electron chi connectivity index (χ2n) is 2.61. The van der Waals surface area contributed by atoms with Crippen molar-refractivity contribution in [2.45, 2.75) is 19.1 Å². The number of hydrogen-bond acceptors (Lipinski definition) is 2. The SMILES string of the molecule is O=C(O)c1cnn(CC(F)C(F)F)c1. The van der Waals surface area contributed by atoms with Gasteiger partial charge in [0.2, 0.25) is 0 Å². The van der Waals surface area contributed by atoms with Crippen molar-refractivity contribution in [2.24, 2.45) is 0 Å². The van der Waals surface area contributed by atoms with Gasteiger partial charge in [-0.1, -0.05) is 0 Å². The average molecular weight is 208 g/mol. The summed E-state index contributed by atoms with van der Waals surface area (Å²) >= 11 is 0. The fraction of sp³-hybridized carbons (Fsp3) is 0.429. The van der Waals surface area contributed by atoms with Crippen molar-refractivity contribution in [3.63, 3.8) is 0 Å². The van der Waals surface area contributed by atoms with Crippen molar-refractivity contribution in [3.05, 3.63) is 18.0 Å². The molecule has 0 aliphatic rings. The van der Waals surface area contributed by atoms with Gasteiger partial charge in [0.25, 0.3) is 6.43 Å². The summed E-state index contributed by atoms with van der Waals surface area (Å²) in [7, 11) is 0. The number of aromatic carboxylic acids is 1. The lowest BCUT2D eigenvalue weighted by atomic mass is 10.4. The maximum absolute atomic E-state index is 12.5. The van der Waals surface area contributed by atoms with Crippen molar-refractivity contribution >= 4 is 5.97 Å². The minimum absolute atomic E-state index is 0.161. The first-order valence-corrected chi connectivity index (χ1v) is 3.68. The molecular weight excluding hydrogens is 201 g/mol. The zero-order chi connectivity index (χ0) is 10.7. The van der Waals surface area contributed by atoms with E-state index in [-0.39, 0.29) is 5.56 Å². The van der Waals surface area contributed by atoms with Crippen molar-refractivity contribution in [2.75, 3.05) is 0 Å². The summed E-state index contributed by atoms with van der Waals surface area (Å²) in [4.78, 5) is 10.3. The van der Waals surface area contributed by atoms with Crippen LogP contribution in [0.5, 0.6) is 0 Å². The Morgan fingerprint density at radius 1 is 1.57 bits per heavy atom. The second kappa shape index (κ2) is 4.12. The molecule has 1 aromatic heterocycles. The molecule has 1 aromatic rings. The highest BCUT2D eigenvalue weighted by atomic mass is 19.3. The third-order valence-electron chi connectivity index (χ3n) is 1.52. The standard InChI is InChI=1S/C7H7F3N2O2/c8-5(6(9)10)3-12-2-4(1-11-12)7(13)14/h1-2,5-6H,3H2,(H,13,14). The molecule has 0 saturated heterocycles. The Balaban J connectivity index is 2.64. The molecular formula is C7H7F3N2O2. The van der Waals surface area contributed by atoms with Crippen LogP contribution in [0, 0.1) is 0 Å². The Morgan fingerprint density at radius 3 is 2.64 bits per heavy atom. The molecule has 0 fully saturated rings. The zero-order valence-corrected chi connectivity index (χ0v) is 6.90. The lowest BCUT2D eigenvalue weighted by molar-refractivity contribution is 0.0387. The summed E-state index contributed by atoms with van der Waals surface area (Å²) in [6, 6.07) is 0. The van der Waals surface area contributed by atoms with Gasteiger partial charge in [-0.25, -0.2) is 18.0 Å². The highest BCUT2D eigenvalue weighted by molar-refractivity contribution is 5.86. The molecule has 0 saturated carbocycles. The van der Waals surface area contributed by atoms with Crippen LogP contribution in [0.15, 0.2) is 12.4 Å². The Hall–Kier alpha value is -1.53. The number of carboxylic acids is 1. The molecule has 0 aromatic carbocycles. The lowest BCUT2D eigenvalue weighted by Crippen LogP contribution is -2.19. The maximum Gasteiger partial charge on any atom is 0.338 e. The van der Waals surface area contributed by atoms with Gasteiger partial charge in [-0.15, -0.1) is 0 Å². The van der Waals surface area contributed by atoms with E-state index in [1.807, 2.05) is 0 Å². The molecule has 14 heavy (non-hydrogen) atoms. The van der Waals surface area contributed by atoms with Crippen LogP contribution in [0.3, 0.4) is 0 Å². The minimum atomic E-state index is -3.09. The van der Waals surface area contributed by atoms with Crippen LogP contribution in [-0.2, 0) is 6.54 Å². The average Bonchev–Trinajstić information content (AvgIpc) is 2.52. The third kappa shape index (κ3) is 2.48. The highest BCUT2D eigenvalue weighted by Gasteiger charge is 2.20. The molecule has 0 spiro atoms.